The molecular formula is C25H17Br2FN2O4. The maximum atomic E-state index is 13.2. The number of ether oxygens (including phenoxy) is 1. The monoisotopic (exact) mass is 586 g/mol. The van der Waals surface area contributed by atoms with Gasteiger partial charge in [0.2, 0.25) is 0 Å². The largest absolute Gasteiger partial charge is 0.488 e. The molecule has 3 aromatic carbocycles. The summed E-state index contributed by atoms with van der Waals surface area (Å²) in [4.78, 5) is 39.2. The van der Waals surface area contributed by atoms with Crippen LogP contribution in [0.3, 0.4) is 0 Å². The van der Waals surface area contributed by atoms with Crippen molar-refractivity contribution in [2.75, 3.05) is 4.90 Å². The summed E-state index contributed by atoms with van der Waals surface area (Å²) in [6.07, 6.45) is 1.38. The van der Waals surface area contributed by atoms with E-state index in [1.54, 1.807) is 48.5 Å². The minimum atomic E-state index is -0.823. The highest BCUT2D eigenvalue weighted by Gasteiger charge is 2.37. The fraction of sp³-hybridized carbons (Fsp3) is 0.0800. The summed E-state index contributed by atoms with van der Waals surface area (Å²) < 4.78 is 20.6. The Morgan fingerprint density at radius 1 is 1.00 bits per heavy atom. The van der Waals surface area contributed by atoms with E-state index in [0.29, 0.717) is 21.5 Å². The Balaban J connectivity index is 1.67. The van der Waals surface area contributed by atoms with Crippen molar-refractivity contribution in [1.29, 1.82) is 0 Å². The Kier molecular flexibility index (Phi) is 6.95. The maximum absolute atomic E-state index is 13.2. The fourth-order valence-electron chi connectivity index (χ4n) is 3.32. The first-order valence-corrected chi connectivity index (χ1v) is 11.7. The zero-order valence-electron chi connectivity index (χ0n) is 17.8. The number of amides is 4. The van der Waals surface area contributed by atoms with Gasteiger partial charge in [-0.2, -0.15) is 0 Å². The van der Waals surface area contributed by atoms with Crippen LogP contribution in [0.2, 0.25) is 0 Å². The van der Waals surface area contributed by atoms with Gasteiger partial charge >= 0.3 is 6.03 Å². The Labute approximate surface area is 211 Å². The second-order valence-electron chi connectivity index (χ2n) is 7.49. The maximum Gasteiger partial charge on any atom is 0.335 e. The van der Waals surface area contributed by atoms with Crippen LogP contribution < -0.4 is 15.0 Å². The molecule has 9 heteroatoms. The average Bonchev–Trinajstić information content (AvgIpc) is 2.79. The van der Waals surface area contributed by atoms with E-state index < -0.39 is 17.8 Å². The second kappa shape index (κ2) is 9.90. The van der Waals surface area contributed by atoms with Crippen molar-refractivity contribution in [3.05, 3.63) is 97.7 Å². The van der Waals surface area contributed by atoms with Gasteiger partial charge in [0.25, 0.3) is 11.8 Å². The number of rotatable bonds is 5. The third kappa shape index (κ3) is 5.10. The van der Waals surface area contributed by atoms with E-state index >= 15 is 0 Å². The van der Waals surface area contributed by atoms with Gasteiger partial charge in [0.05, 0.1) is 5.69 Å². The molecule has 172 valence electrons. The smallest absolute Gasteiger partial charge is 0.335 e. The summed E-state index contributed by atoms with van der Waals surface area (Å²) in [5.74, 6) is -1.49. The molecule has 1 N–H and O–H groups in total. The number of benzene rings is 3. The molecule has 0 bridgehead atoms. The molecule has 0 aromatic heterocycles. The van der Waals surface area contributed by atoms with Gasteiger partial charge in [0, 0.05) is 14.5 Å². The number of nitrogens with zero attached hydrogens (tertiary/aromatic N) is 1. The van der Waals surface area contributed by atoms with Gasteiger partial charge in [-0.05, 0) is 72.7 Å². The lowest BCUT2D eigenvalue weighted by atomic mass is 10.1. The summed E-state index contributed by atoms with van der Waals surface area (Å²) in [5.41, 5.74) is 2.14. The predicted molar refractivity (Wildman–Crippen MR) is 133 cm³/mol. The molecule has 1 saturated heterocycles. The Hall–Kier alpha value is -3.30. The van der Waals surface area contributed by atoms with Crippen LogP contribution in [0.15, 0.2) is 75.2 Å². The van der Waals surface area contributed by atoms with Crippen molar-refractivity contribution in [3.63, 3.8) is 0 Å². The van der Waals surface area contributed by atoms with Crippen LogP contribution in [0, 0.1) is 12.7 Å². The summed E-state index contributed by atoms with van der Waals surface area (Å²) in [6.45, 7) is 1.98. The van der Waals surface area contributed by atoms with Crippen LogP contribution in [0.1, 0.15) is 16.7 Å². The molecule has 1 heterocycles. The number of urea groups is 1. The first kappa shape index (κ1) is 23.8. The molecule has 1 aliphatic rings. The van der Waals surface area contributed by atoms with Gasteiger partial charge in [-0.25, -0.2) is 14.1 Å². The van der Waals surface area contributed by atoms with Gasteiger partial charge in [0.15, 0.2) is 0 Å². The van der Waals surface area contributed by atoms with Crippen LogP contribution in [-0.2, 0) is 16.2 Å². The van der Waals surface area contributed by atoms with E-state index in [1.165, 1.54) is 18.2 Å². The summed E-state index contributed by atoms with van der Waals surface area (Å²) >= 11 is 6.78. The van der Waals surface area contributed by atoms with Crippen molar-refractivity contribution in [2.45, 2.75) is 13.5 Å². The number of hydrogen-bond acceptors (Lipinski definition) is 4. The number of carbonyl (C=O) groups excluding carboxylic acids is 3. The molecule has 0 aliphatic carbocycles. The Bertz CT molecular complexity index is 1340. The zero-order chi connectivity index (χ0) is 24.4. The quantitative estimate of drug-likeness (QED) is 0.298. The molecule has 4 amide bonds. The molecule has 34 heavy (non-hydrogen) atoms. The van der Waals surface area contributed by atoms with Crippen LogP contribution >= 0.6 is 31.9 Å². The molecule has 6 nitrogen and oxygen atoms in total. The third-order valence-electron chi connectivity index (χ3n) is 5.08. The van der Waals surface area contributed by atoms with Gasteiger partial charge in [0.1, 0.15) is 23.7 Å². The molecule has 3 aromatic rings. The van der Waals surface area contributed by atoms with Crippen molar-refractivity contribution in [2.24, 2.45) is 0 Å². The summed E-state index contributed by atoms with van der Waals surface area (Å²) in [7, 11) is 0. The topological polar surface area (TPSA) is 75.7 Å². The van der Waals surface area contributed by atoms with E-state index in [9.17, 15) is 18.8 Å². The molecule has 0 saturated carbocycles. The number of hydrogen-bond donors (Lipinski definition) is 1. The van der Waals surface area contributed by atoms with E-state index in [1.807, 2.05) is 6.92 Å². The fourth-order valence-corrected chi connectivity index (χ4v) is 3.95. The Morgan fingerprint density at radius 3 is 2.44 bits per heavy atom. The van der Waals surface area contributed by atoms with Crippen molar-refractivity contribution >= 4 is 61.5 Å². The van der Waals surface area contributed by atoms with E-state index in [-0.39, 0.29) is 18.0 Å². The zero-order valence-corrected chi connectivity index (χ0v) is 20.9. The highest BCUT2D eigenvalue weighted by molar-refractivity contribution is 9.10. The molecule has 0 spiro atoms. The molecular weight excluding hydrogens is 571 g/mol. The Morgan fingerprint density at radius 2 is 1.74 bits per heavy atom. The number of nitrogens with one attached hydrogen (secondary N) is 1. The number of imide groups is 2. The number of halogens is 3. The van der Waals surface area contributed by atoms with Gasteiger partial charge in [-0.15, -0.1) is 0 Å². The molecule has 0 radical (unpaired) electrons. The lowest BCUT2D eigenvalue weighted by Gasteiger charge is -2.27. The van der Waals surface area contributed by atoms with Crippen molar-refractivity contribution in [1.82, 2.24) is 5.32 Å². The van der Waals surface area contributed by atoms with E-state index in [0.717, 1.165) is 20.5 Å². The normalized spacial score (nSPS) is 15.0. The van der Waals surface area contributed by atoms with Crippen molar-refractivity contribution < 1.29 is 23.5 Å². The van der Waals surface area contributed by atoms with Crippen LogP contribution in [0.5, 0.6) is 5.75 Å². The first-order valence-electron chi connectivity index (χ1n) is 10.1. The van der Waals surface area contributed by atoms with Gasteiger partial charge < -0.3 is 4.74 Å². The standard InChI is InChI=1S/C25H17Br2FN2O4/c1-14-10-19(7-8-21(14)27)30-24(32)20(23(31)29-25(30)33)12-16-11-17(26)4-9-22(16)34-13-15-2-5-18(28)6-3-15/h2-12H,13H2,1H3,(H,29,31,33)/b20-12+. The molecule has 1 fully saturated rings. The van der Waals surface area contributed by atoms with Crippen molar-refractivity contribution in [3.8, 4) is 5.75 Å². The van der Waals surface area contributed by atoms with E-state index in [2.05, 4.69) is 37.2 Å². The lowest BCUT2D eigenvalue weighted by Crippen LogP contribution is -2.54. The first-order chi connectivity index (χ1) is 16.2. The highest BCUT2D eigenvalue weighted by Crippen LogP contribution is 2.30. The van der Waals surface area contributed by atoms with Gasteiger partial charge in [-0.1, -0.05) is 44.0 Å². The molecule has 4 rings (SSSR count). The van der Waals surface area contributed by atoms with Crippen LogP contribution in [-0.4, -0.2) is 17.8 Å². The highest BCUT2D eigenvalue weighted by atomic mass is 79.9. The summed E-state index contributed by atoms with van der Waals surface area (Å²) in [5, 5.41) is 2.22. The minimum absolute atomic E-state index is 0.154. The lowest BCUT2D eigenvalue weighted by molar-refractivity contribution is -0.122. The summed E-state index contributed by atoms with van der Waals surface area (Å²) in [6, 6.07) is 15.2. The van der Waals surface area contributed by atoms with Crippen LogP contribution in [0.25, 0.3) is 6.08 Å². The average molecular weight is 588 g/mol. The SMILES string of the molecule is Cc1cc(N2C(=O)NC(=O)/C(=C\c3cc(Br)ccc3OCc3ccc(F)cc3)C2=O)ccc1Br. The molecule has 1 aliphatic heterocycles. The van der Waals surface area contributed by atoms with Crippen LogP contribution in [0.4, 0.5) is 14.9 Å². The third-order valence-corrected chi connectivity index (χ3v) is 6.46. The minimum Gasteiger partial charge on any atom is -0.488 e. The number of carbonyl (C=O) groups is 3. The molecule has 0 atom stereocenters. The van der Waals surface area contributed by atoms with Gasteiger partial charge in [-0.3, -0.25) is 14.9 Å². The van der Waals surface area contributed by atoms with E-state index in [4.69, 9.17) is 4.74 Å². The molecule has 0 unspecified atom stereocenters. The predicted octanol–water partition coefficient (Wildman–Crippen LogP) is 5.90. The number of barbiturate groups is 1. The number of anilines is 1. The number of aryl methyl sites for hydroxylation is 1. The second-order valence-corrected chi connectivity index (χ2v) is 9.26.